The molecule has 0 aliphatic carbocycles. The van der Waals surface area contributed by atoms with Crippen molar-refractivity contribution in [1.82, 2.24) is 9.88 Å². The molecule has 15 heavy (non-hydrogen) atoms. The number of halogens is 1. The SMILES string of the molecule is CC1CNCc2cc3ccc(Br)cc3n21. The van der Waals surface area contributed by atoms with Gasteiger partial charge in [-0.2, -0.15) is 0 Å². The topological polar surface area (TPSA) is 17.0 Å². The highest BCUT2D eigenvalue weighted by Crippen LogP contribution is 2.28. The maximum Gasteiger partial charge on any atom is 0.0497 e. The molecule has 0 bridgehead atoms. The zero-order chi connectivity index (χ0) is 10.4. The lowest BCUT2D eigenvalue weighted by Crippen LogP contribution is -2.30. The molecule has 0 fully saturated rings. The first kappa shape index (κ1) is 9.43. The van der Waals surface area contributed by atoms with Crippen LogP contribution in [0.1, 0.15) is 18.7 Å². The minimum Gasteiger partial charge on any atom is -0.339 e. The van der Waals surface area contributed by atoms with Gasteiger partial charge in [0.2, 0.25) is 0 Å². The molecule has 2 aromatic rings. The van der Waals surface area contributed by atoms with E-state index in [-0.39, 0.29) is 0 Å². The zero-order valence-corrected chi connectivity index (χ0v) is 10.2. The number of benzene rings is 1. The van der Waals surface area contributed by atoms with Crippen LogP contribution in [-0.4, -0.2) is 11.1 Å². The Morgan fingerprint density at radius 3 is 3.13 bits per heavy atom. The van der Waals surface area contributed by atoms with Gasteiger partial charge < -0.3 is 9.88 Å². The van der Waals surface area contributed by atoms with Crippen LogP contribution in [0.15, 0.2) is 28.7 Å². The number of aromatic nitrogens is 1. The van der Waals surface area contributed by atoms with E-state index in [0.29, 0.717) is 6.04 Å². The lowest BCUT2D eigenvalue weighted by molar-refractivity contribution is 0.439. The molecule has 0 saturated carbocycles. The highest BCUT2D eigenvalue weighted by Gasteiger charge is 2.17. The molecule has 0 radical (unpaired) electrons. The van der Waals surface area contributed by atoms with Crippen LogP contribution < -0.4 is 5.32 Å². The van der Waals surface area contributed by atoms with Crippen molar-refractivity contribution in [3.05, 3.63) is 34.4 Å². The normalized spacial score (nSPS) is 20.5. The van der Waals surface area contributed by atoms with Crippen molar-refractivity contribution in [2.24, 2.45) is 0 Å². The molecule has 2 nitrogen and oxygen atoms in total. The summed E-state index contributed by atoms with van der Waals surface area (Å²) in [4.78, 5) is 0. The van der Waals surface area contributed by atoms with E-state index in [1.807, 2.05) is 0 Å². The molecule has 0 amide bonds. The summed E-state index contributed by atoms with van der Waals surface area (Å²) in [5, 5.41) is 4.77. The lowest BCUT2D eigenvalue weighted by atomic mass is 10.2. The average molecular weight is 265 g/mol. The van der Waals surface area contributed by atoms with Gasteiger partial charge in [0.05, 0.1) is 0 Å². The molecule has 1 aliphatic rings. The number of nitrogens with one attached hydrogen (secondary N) is 1. The van der Waals surface area contributed by atoms with Crippen molar-refractivity contribution in [1.29, 1.82) is 0 Å². The maximum atomic E-state index is 3.54. The van der Waals surface area contributed by atoms with Gasteiger partial charge in [0.25, 0.3) is 0 Å². The van der Waals surface area contributed by atoms with Crippen LogP contribution in [0.3, 0.4) is 0 Å². The molecule has 3 rings (SSSR count). The van der Waals surface area contributed by atoms with Crippen LogP contribution in [0, 0.1) is 0 Å². The maximum absolute atomic E-state index is 3.54. The van der Waals surface area contributed by atoms with E-state index in [0.717, 1.165) is 17.6 Å². The summed E-state index contributed by atoms with van der Waals surface area (Å²) in [7, 11) is 0. The molecule has 1 unspecified atom stereocenters. The highest BCUT2D eigenvalue weighted by atomic mass is 79.9. The zero-order valence-electron chi connectivity index (χ0n) is 8.63. The monoisotopic (exact) mass is 264 g/mol. The Kier molecular flexibility index (Phi) is 2.11. The van der Waals surface area contributed by atoms with Crippen LogP contribution in [0.2, 0.25) is 0 Å². The van der Waals surface area contributed by atoms with Gasteiger partial charge in [0.15, 0.2) is 0 Å². The van der Waals surface area contributed by atoms with Crippen LogP contribution in [0.5, 0.6) is 0 Å². The Labute approximate surface area is 97.4 Å². The molecule has 1 N–H and O–H groups in total. The second-order valence-electron chi connectivity index (χ2n) is 4.19. The van der Waals surface area contributed by atoms with E-state index in [2.05, 4.69) is 57.0 Å². The molecule has 1 aliphatic heterocycles. The largest absolute Gasteiger partial charge is 0.339 e. The smallest absolute Gasteiger partial charge is 0.0497 e. The fourth-order valence-electron chi connectivity index (χ4n) is 2.41. The highest BCUT2D eigenvalue weighted by molar-refractivity contribution is 9.10. The van der Waals surface area contributed by atoms with Crippen molar-refractivity contribution < 1.29 is 0 Å². The van der Waals surface area contributed by atoms with Crippen molar-refractivity contribution in [3.8, 4) is 0 Å². The van der Waals surface area contributed by atoms with E-state index < -0.39 is 0 Å². The third kappa shape index (κ3) is 1.42. The molecule has 78 valence electrons. The lowest BCUT2D eigenvalue weighted by Gasteiger charge is -2.24. The first-order valence-electron chi connectivity index (χ1n) is 5.26. The van der Waals surface area contributed by atoms with Crippen molar-refractivity contribution in [2.45, 2.75) is 19.5 Å². The molecular weight excluding hydrogens is 252 g/mol. The van der Waals surface area contributed by atoms with E-state index in [1.165, 1.54) is 16.6 Å². The number of hydrogen-bond acceptors (Lipinski definition) is 1. The fourth-order valence-corrected chi connectivity index (χ4v) is 2.76. The van der Waals surface area contributed by atoms with E-state index >= 15 is 0 Å². The molecule has 1 atom stereocenters. The quantitative estimate of drug-likeness (QED) is 0.774. The van der Waals surface area contributed by atoms with E-state index in [4.69, 9.17) is 0 Å². The molecular formula is C12H13BrN2. The fraction of sp³-hybridized carbons (Fsp3) is 0.333. The summed E-state index contributed by atoms with van der Waals surface area (Å²) < 4.78 is 3.60. The predicted molar refractivity (Wildman–Crippen MR) is 66.1 cm³/mol. The van der Waals surface area contributed by atoms with Gasteiger partial charge >= 0.3 is 0 Å². The minimum atomic E-state index is 0.542. The Morgan fingerprint density at radius 1 is 1.40 bits per heavy atom. The Morgan fingerprint density at radius 2 is 2.27 bits per heavy atom. The van der Waals surface area contributed by atoms with Crippen molar-refractivity contribution in [2.75, 3.05) is 6.54 Å². The van der Waals surface area contributed by atoms with Gasteiger partial charge in [0, 0.05) is 34.8 Å². The third-order valence-electron chi connectivity index (χ3n) is 3.07. The van der Waals surface area contributed by atoms with Gasteiger partial charge in [-0.3, -0.25) is 0 Å². The van der Waals surface area contributed by atoms with Gasteiger partial charge in [-0.1, -0.05) is 22.0 Å². The second kappa shape index (κ2) is 3.35. The predicted octanol–water partition coefficient (Wildman–Crippen LogP) is 3.07. The molecule has 0 spiro atoms. The standard InChI is InChI=1S/C12H13BrN2/c1-8-6-14-7-11-4-9-2-3-10(13)5-12(9)15(8)11/h2-5,8,14H,6-7H2,1H3. The Balaban J connectivity index is 2.33. The number of hydrogen-bond donors (Lipinski definition) is 1. The summed E-state index contributed by atoms with van der Waals surface area (Å²) in [5.74, 6) is 0. The molecule has 1 aromatic carbocycles. The summed E-state index contributed by atoms with van der Waals surface area (Å²) in [6.07, 6.45) is 0. The van der Waals surface area contributed by atoms with Crippen molar-refractivity contribution in [3.63, 3.8) is 0 Å². The summed E-state index contributed by atoms with van der Waals surface area (Å²) in [6.45, 7) is 4.30. The molecule has 2 heterocycles. The van der Waals surface area contributed by atoms with Gasteiger partial charge in [-0.15, -0.1) is 0 Å². The van der Waals surface area contributed by atoms with Crippen LogP contribution in [-0.2, 0) is 6.54 Å². The number of fused-ring (bicyclic) bond motifs is 3. The number of rotatable bonds is 0. The van der Waals surface area contributed by atoms with Crippen LogP contribution in [0.25, 0.3) is 10.9 Å². The van der Waals surface area contributed by atoms with E-state index in [9.17, 15) is 0 Å². The van der Waals surface area contributed by atoms with Crippen LogP contribution in [0.4, 0.5) is 0 Å². The van der Waals surface area contributed by atoms with Gasteiger partial charge in [-0.25, -0.2) is 0 Å². The second-order valence-corrected chi connectivity index (χ2v) is 5.10. The number of nitrogens with zero attached hydrogens (tertiary/aromatic N) is 1. The Bertz CT molecular complexity index is 516. The van der Waals surface area contributed by atoms with Gasteiger partial charge in [0.1, 0.15) is 0 Å². The molecule has 3 heteroatoms. The first-order chi connectivity index (χ1) is 7.25. The Hall–Kier alpha value is -0.800. The molecule has 1 aromatic heterocycles. The average Bonchev–Trinajstić information content (AvgIpc) is 2.57. The third-order valence-corrected chi connectivity index (χ3v) is 3.56. The molecule has 0 saturated heterocycles. The van der Waals surface area contributed by atoms with Crippen LogP contribution >= 0.6 is 15.9 Å². The summed E-state index contributed by atoms with van der Waals surface area (Å²) in [6, 6.07) is 9.31. The van der Waals surface area contributed by atoms with Crippen molar-refractivity contribution >= 4 is 26.8 Å². The minimum absolute atomic E-state index is 0.542. The summed E-state index contributed by atoms with van der Waals surface area (Å²) in [5.41, 5.74) is 2.73. The van der Waals surface area contributed by atoms with E-state index in [1.54, 1.807) is 0 Å². The summed E-state index contributed by atoms with van der Waals surface area (Å²) >= 11 is 3.54. The first-order valence-corrected chi connectivity index (χ1v) is 6.05. The van der Waals surface area contributed by atoms with Gasteiger partial charge in [-0.05, 0) is 30.5 Å².